The molecule has 0 bridgehead atoms. The number of ether oxygens (including phenoxy) is 1. The van der Waals surface area contributed by atoms with Crippen molar-refractivity contribution in [2.45, 2.75) is 0 Å². The predicted molar refractivity (Wildman–Crippen MR) is 88.9 cm³/mol. The first-order valence-electron chi connectivity index (χ1n) is 6.42. The predicted octanol–water partition coefficient (Wildman–Crippen LogP) is 3.13. The lowest BCUT2D eigenvalue weighted by Gasteiger charge is -2.03. The number of hydrazone groups is 1. The fraction of sp³-hybridized carbons (Fsp3) is 0.0667. The zero-order chi connectivity index (χ0) is 16.8. The molecular weight excluding hydrogens is 366 g/mol. The Bertz CT molecular complexity index is 777. The number of benzene rings is 2. The van der Waals surface area contributed by atoms with E-state index in [0.717, 1.165) is 10.0 Å². The quantitative estimate of drug-likeness (QED) is 0.491. The highest BCUT2D eigenvalue weighted by Gasteiger charge is 2.10. The van der Waals surface area contributed by atoms with Gasteiger partial charge in [0.25, 0.3) is 11.6 Å². The SMILES string of the molecule is COc1ccc(C=NNC(=O)c2cccc([N+](=O)[O-])c2)cc1Br. The molecule has 2 aromatic rings. The van der Waals surface area contributed by atoms with Crippen molar-refractivity contribution in [1.29, 1.82) is 0 Å². The smallest absolute Gasteiger partial charge is 0.271 e. The highest BCUT2D eigenvalue weighted by molar-refractivity contribution is 9.10. The van der Waals surface area contributed by atoms with Gasteiger partial charge in [0.2, 0.25) is 0 Å². The van der Waals surface area contributed by atoms with Gasteiger partial charge in [-0.15, -0.1) is 0 Å². The maximum Gasteiger partial charge on any atom is 0.271 e. The van der Waals surface area contributed by atoms with Crippen LogP contribution < -0.4 is 10.2 Å². The third-order valence-corrected chi connectivity index (χ3v) is 3.49. The molecule has 0 aliphatic carbocycles. The zero-order valence-corrected chi connectivity index (χ0v) is 13.6. The van der Waals surface area contributed by atoms with Crippen molar-refractivity contribution >= 4 is 33.7 Å². The summed E-state index contributed by atoms with van der Waals surface area (Å²) in [6, 6.07) is 10.7. The number of halogens is 1. The average Bonchev–Trinajstić information content (AvgIpc) is 2.55. The molecule has 2 rings (SSSR count). The Morgan fingerprint density at radius 1 is 1.35 bits per heavy atom. The number of methoxy groups -OCH3 is 1. The third-order valence-electron chi connectivity index (χ3n) is 2.87. The Labute approximate surface area is 140 Å². The third kappa shape index (κ3) is 4.36. The molecule has 0 aromatic heterocycles. The van der Waals surface area contributed by atoms with Gasteiger partial charge >= 0.3 is 0 Å². The number of nitro benzene ring substituents is 1. The molecule has 0 unspecified atom stereocenters. The molecule has 1 N–H and O–H groups in total. The summed E-state index contributed by atoms with van der Waals surface area (Å²) in [5.74, 6) is 0.153. The molecule has 0 radical (unpaired) electrons. The lowest BCUT2D eigenvalue weighted by molar-refractivity contribution is -0.384. The van der Waals surface area contributed by atoms with Gasteiger partial charge < -0.3 is 4.74 Å². The van der Waals surface area contributed by atoms with Crippen LogP contribution in [0, 0.1) is 10.1 Å². The van der Waals surface area contributed by atoms with Crippen LogP contribution in [0.1, 0.15) is 15.9 Å². The first kappa shape index (κ1) is 16.6. The molecule has 8 heteroatoms. The standard InChI is InChI=1S/C15H12BrN3O4/c1-23-14-6-5-10(7-13(14)16)9-17-18-15(20)11-3-2-4-12(8-11)19(21)22/h2-9H,1H3,(H,18,20). The largest absolute Gasteiger partial charge is 0.496 e. The summed E-state index contributed by atoms with van der Waals surface area (Å²) < 4.78 is 5.87. The molecule has 7 nitrogen and oxygen atoms in total. The molecule has 0 aliphatic heterocycles. The number of non-ortho nitro benzene ring substituents is 1. The number of nitrogens with zero attached hydrogens (tertiary/aromatic N) is 2. The lowest BCUT2D eigenvalue weighted by Crippen LogP contribution is -2.17. The van der Waals surface area contributed by atoms with E-state index >= 15 is 0 Å². The molecule has 0 saturated heterocycles. The van der Waals surface area contributed by atoms with Gasteiger partial charge in [0.05, 0.1) is 22.7 Å². The topological polar surface area (TPSA) is 93.8 Å². The second-order valence-corrected chi connectivity index (χ2v) is 5.25. The minimum absolute atomic E-state index is 0.152. The Morgan fingerprint density at radius 3 is 2.78 bits per heavy atom. The summed E-state index contributed by atoms with van der Waals surface area (Å²) in [5, 5.41) is 14.5. The van der Waals surface area contributed by atoms with Crippen LogP contribution in [-0.4, -0.2) is 24.2 Å². The van der Waals surface area contributed by atoms with E-state index in [-0.39, 0.29) is 11.3 Å². The van der Waals surface area contributed by atoms with Gasteiger partial charge in [0.15, 0.2) is 0 Å². The van der Waals surface area contributed by atoms with Crippen molar-refractivity contribution in [1.82, 2.24) is 5.43 Å². The van der Waals surface area contributed by atoms with E-state index in [1.165, 1.54) is 30.5 Å². The number of amides is 1. The fourth-order valence-corrected chi connectivity index (χ4v) is 2.31. The summed E-state index contributed by atoms with van der Waals surface area (Å²) >= 11 is 3.35. The van der Waals surface area contributed by atoms with Crippen molar-refractivity contribution in [2.75, 3.05) is 7.11 Å². The van der Waals surface area contributed by atoms with Crippen LogP contribution in [0.5, 0.6) is 5.75 Å². The molecule has 23 heavy (non-hydrogen) atoms. The van der Waals surface area contributed by atoms with Crippen LogP contribution in [-0.2, 0) is 0 Å². The first-order valence-corrected chi connectivity index (χ1v) is 7.22. The highest BCUT2D eigenvalue weighted by Crippen LogP contribution is 2.24. The molecular formula is C15H12BrN3O4. The summed E-state index contributed by atoms with van der Waals surface area (Å²) in [5.41, 5.74) is 3.08. The van der Waals surface area contributed by atoms with Gasteiger partial charge in [-0.3, -0.25) is 14.9 Å². The van der Waals surface area contributed by atoms with E-state index in [1.807, 2.05) is 0 Å². The minimum atomic E-state index is -0.561. The van der Waals surface area contributed by atoms with Crippen LogP contribution in [0.2, 0.25) is 0 Å². The van der Waals surface area contributed by atoms with E-state index in [4.69, 9.17) is 4.74 Å². The van der Waals surface area contributed by atoms with Crippen LogP contribution in [0.25, 0.3) is 0 Å². The Hall–Kier alpha value is -2.74. The number of nitro groups is 1. The Morgan fingerprint density at radius 2 is 2.13 bits per heavy atom. The molecule has 0 atom stereocenters. The van der Waals surface area contributed by atoms with Crippen LogP contribution in [0.4, 0.5) is 5.69 Å². The van der Waals surface area contributed by atoms with Crippen LogP contribution in [0.3, 0.4) is 0 Å². The molecule has 0 fully saturated rings. The van der Waals surface area contributed by atoms with Crippen molar-refractivity contribution < 1.29 is 14.5 Å². The van der Waals surface area contributed by atoms with Crippen molar-refractivity contribution in [3.63, 3.8) is 0 Å². The van der Waals surface area contributed by atoms with Gasteiger partial charge in [0.1, 0.15) is 5.75 Å². The maximum absolute atomic E-state index is 11.9. The normalized spacial score (nSPS) is 10.5. The monoisotopic (exact) mass is 377 g/mol. The molecule has 0 spiro atoms. The number of hydrogen-bond donors (Lipinski definition) is 1. The van der Waals surface area contributed by atoms with E-state index in [9.17, 15) is 14.9 Å². The second-order valence-electron chi connectivity index (χ2n) is 4.40. The van der Waals surface area contributed by atoms with E-state index in [0.29, 0.717) is 5.75 Å². The number of rotatable bonds is 5. The number of carbonyl (C=O) groups is 1. The van der Waals surface area contributed by atoms with Gasteiger partial charge in [-0.25, -0.2) is 5.43 Å². The molecule has 0 saturated carbocycles. The van der Waals surface area contributed by atoms with E-state index in [2.05, 4.69) is 26.5 Å². The first-order chi connectivity index (χ1) is 11.0. The van der Waals surface area contributed by atoms with E-state index < -0.39 is 10.8 Å². The number of carbonyl (C=O) groups excluding carboxylic acids is 1. The van der Waals surface area contributed by atoms with Crippen molar-refractivity contribution in [3.8, 4) is 5.75 Å². The summed E-state index contributed by atoms with van der Waals surface area (Å²) in [6.07, 6.45) is 1.46. The lowest BCUT2D eigenvalue weighted by atomic mass is 10.2. The van der Waals surface area contributed by atoms with Crippen LogP contribution in [0.15, 0.2) is 52.0 Å². The van der Waals surface area contributed by atoms with Gasteiger partial charge in [-0.05, 0) is 45.8 Å². The van der Waals surface area contributed by atoms with Crippen LogP contribution >= 0.6 is 15.9 Å². The van der Waals surface area contributed by atoms with Crippen molar-refractivity contribution in [3.05, 3.63) is 68.2 Å². The Balaban J connectivity index is 2.05. The molecule has 0 heterocycles. The number of nitrogens with one attached hydrogen (secondary N) is 1. The summed E-state index contributed by atoms with van der Waals surface area (Å²) in [6.45, 7) is 0. The highest BCUT2D eigenvalue weighted by atomic mass is 79.9. The van der Waals surface area contributed by atoms with E-state index in [1.54, 1.807) is 25.3 Å². The fourth-order valence-electron chi connectivity index (χ4n) is 1.75. The van der Waals surface area contributed by atoms with Gasteiger partial charge in [-0.2, -0.15) is 5.10 Å². The molecule has 1 amide bonds. The molecule has 2 aromatic carbocycles. The molecule has 0 aliphatic rings. The second kappa shape index (κ2) is 7.50. The maximum atomic E-state index is 11.9. The van der Waals surface area contributed by atoms with Gasteiger partial charge in [0, 0.05) is 17.7 Å². The number of hydrogen-bond acceptors (Lipinski definition) is 5. The molecule has 118 valence electrons. The minimum Gasteiger partial charge on any atom is -0.496 e. The zero-order valence-electron chi connectivity index (χ0n) is 12.0. The average molecular weight is 378 g/mol. The summed E-state index contributed by atoms with van der Waals surface area (Å²) in [7, 11) is 1.56. The summed E-state index contributed by atoms with van der Waals surface area (Å²) in [4.78, 5) is 22.0. The van der Waals surface area contributed by atoms with Crippen molar-refractivity contribution in [2.24, 2.45) is 5.10 Å². The Kier molecular flexibility index (Phi) is 5.42. The van der Waals surface area contributed by atoms with Gasteiger partial charge in [-0.1, -0.05) is 6.07 Å².